The van der Waals surface area contributed by atoms with E-state index in [-0.39, 0.29) is 0 Å². The molecule has 0 spiro atoms. The third-order valence-electron chi connectivity index (χ3n) is 7.74. The van der Waals surface area contributed by atoms with E-state index in [0.29, 0.717) is 14.8 Å². The van der Waals surface area contributed by atoms with E-state index in [1.54, 1.807) is 43.0 Å². The number of hydrogen-bond donors (Lipinski definition) is 0. The molecule has 0 atom stereocenters. The topological polar surface area (TPSA) is 0 Å². The fourth-order valence-electron chi connectivity index (χ4n) is 6.39. The van der Waals surface area contributed by atoms with Crippen LogP contribution in [0.2, 0.25) is 0 Å². The summed E-state index contributed by atoms with van der Waals surface area (Å²) < 4.78 is 1.62. The van der Waals surface area contributed by atoms with Crippen LogP contribution in [0.15, 0.2) is 30.3 Å². The second-order valence-electron chi connectivity index (χ2n) is 9.31. The van der Waals surface area contributed by atoms with Crippen molar-refractivity contribution in [2.24, 2.45) is 0 Å². The Balaban J connectivity index is 1.64. The molecule has 3 saturated carbocycles. The predicted octanol–water partition coefficient (Wildman–Crippen LogP) is 6.57. The first-order valence-corrected chi connectivity index (χ1v) is 15.7. The Kier molecular flexibility index (Phi) is 7.84. The molecule has 3 aliphatic carbocycles. The summed E-state index contributed by atoms with van der Waals surface area (Å²) in [6.07, 6.45) is 23.1. The van der Waals surface area contributed by atoms with Crippen molar-refractivity contribution in [3.05, 3.63) is 30.3 Å². The SMILES string of the molecule is [B-]([Se]c1ccccc1)[P+](C1CCCCC1)(C1CCCCC1)C1CCCCC1. The van der Waals surface area contributed by atoms with Gasteiger partial charge in [-0.15, -0.1) is 0 Å². The molecule has 1 aromatic carbocycles. The van der Waals surface area contributed by atoms with E-state index >= 15 is 0 Å². The van der Waals surface area contributed by atoms with Crippen LogP contribution in [-0.4, -0.2) is 37.6 Å². The maximum atomic E-state index is 3.09. The Morgan fingerprint density at radius 1 is 0.593 bits per heavy atom. The van der Waals surface area contributed by atoms with Crippen molar-refractivity contribution in [2.75, 3.05) is 0 Å². The number of benzene rings is 1. The van der Waals surface area contributed by atoms with Crippen LogP contribution < -0.4 is 4.46 Å². The van der Waals surface area contributed by atoms with Crippen molar-refractivity contribution in [2.45, 2.75) is 113 Å². The van der Waals surface area contributed by atoms with Crippen LogP contribution in [0, 0.1) is 0 Å². The Morgan fingerprint density at radius 2 is 1.00 bits per heavy atom. The van der Waals surface area contributed by atoms with Crippen LogP contribution in [0.1, 0.15) is 96.3 Å². The first-order valence-electron chi connectivity index (χ1n) is 11.8. The van der Waals surface area contributed by atoms with Gasteiger partial charge in [-0.1, -0.05) is 0 Å². The van der Waals surface area contributed by atoms with Crippen molar-refractivity contribution >= 4 is 32.2 Å². The van der Waals surface area contributed by atoms with Gasteiger partial charge in [0, 0.05) is 0 Å². The standard InChI is InChI=1S/C24H38BPSe/c1-5-13-21(14-6-1)26(22-15-7-2-8-16-22,23-17-9-3-10-18-23)25-27-24-19-11-4-12-20-24/h4,11-12,19-23H,1-3,5-10,13-18H2. The first kappa shape index (κ1) is 20.5. The molecule has 4 rings (SSSR count). The Morgan fingerprint density at radius 3 is 1.41 bits per heavy atom. The molecule has 0 nitrogen and oxygen atoms in total. The Labute approximate surface area is 175 Å². The van der Waals surface area contributed by atoms with Gasteiger partial charge < -0.3 is 0 Å². The summed E-state index contributed by atoms with van der Waals surface area (Å²) in [6.45, 7) is 0. The normalized spacial score (nSPS) is 24.1. The summed E-state index contributed by atoms with van der Waals surface area (Å²) in [7, 11) is -0.985. The summed E-state index contributed by atoms with van der Waals surface area (Å²) in [6, 6.07) is 11.5. The first-order chi connectivity index (χ1) is 13.4. The van der Waals surface area contributed by atoms with E-state index in [9.17, 15) is 0 Å². The van der Waals surface area contributed by atoms with Gasteiger partial charge in [-0.3, -0.25) is 0 Å². The molecule has 0 amide bonds. The van der Waals surface area contributed by atoms with Crippen LogP contribution in [0.5, 0.6) is 0 Å². The van der Waals surface area contributed by atoms with Crippen molar-refractivity contribution < 1.29 is 0 Å². The van der Waals surface area contributed by atoms with Gasteiger partial charge in [0.15, 0.2) is 0 Å². The molecule has 0 aliphatic heterocycles. The zero-order valence-corrected chi connectivity index (χ0v) is 19.8. The van der Waals surface area contributed by atoms with Gasteiger partial charge in [0.05, 0.1) is 0 Å². The molecule has 1 aromatic rings. The maximum absolute atomic E-state index is 3.09. The summed E-state index contributed by atoms with van der Waals surface area (Å²) >= 11 is 0.585. The fraction of sp³-hybridized carbons (Fsp3) is 0.750. The number of rotatable bonds is 6. The van der Waals surface area contributed by atoms with E-state index in [1.807, 2.05) is 0 Å². The monoisotopic (exact) mass is 448 g/mol. The van der Waals surface area contributed by atoms with Gasteiger partial charge in [-0.05, 0) is 0 Å². The molecular weight excluding hydrogens is 409 g/mol. The zero-order valence-electron chi connectivity index (χ0n) is 17.2. The minimum atomic E-state index is -0.985. The molecule has 148 valence electrons. The average Bonchev–Trinajstić information content (AvgIpc) is 2.77. The molecule has 3 aliphatic rings. The second kappa shape index (κ2) is 10.3. The number of hydrogen-bond acceptors (Lipinski definition) is 0. The fourth-order valence-corrected chi connectivity index (χ4v) is 18.6. The van der Waals surface area contributed by atoms with Gasteiger partial charge in [0.2, 0.25) is 0 Å². The molecular formula is C24H38BPSe. The van der Waals surface area contributed by atoms with E-state index < -0.39 is 7.14 Å². The van der Waals surface area contributed by atoms with Crippen molar-refractivity contribution in [3.63, 3.8) is 0 Å². The van der Waals surface area contributed by atoms with E-state index in [0.717, 1.165) is 17.0 Å². The summed E-state index contributed by atoms with van der Waals surface area (Å²) in [5.74, 6) is 3.09. The van der Waals surface area contributed by atoms with E-state index in [1.165, 1.54) is 57.8 Å². The van der Waals surface area contributed by atoms with Crippen LogP contribution >= 0.6 is 7.14 Å². The molecule has 0 unspecified atom stereocenters. The van der Waals surface area contributed by atoms with Crippen molar-refractivity contribution in [3.8, 4) is 0 Å². The molecule has 0 heterocycles. The molecule has 0 N–H and O–H groups in total. The third-order valence-corrected chi connectivity index (χ3v) is 17.7. The minimum absolute atomic E-state index is 0.585. The quantitative estimate of drug-likeness (QED) is 0.342. The Hall–Kier alpha value is 0.234. The van der Waals surface area contributed by atoms with Crippen LogP contribution in [-0.2, 0) is 0 Å². The Bertz CT molecular complexity index is 499. The van der Waals surface area contributed by atoms with E-state index in [2.05, 4.69) is 36.1 Å². The summed E-state index contributed by atoms with van der Waals surface area (Å²) in [5, 5.41) is 0. The third kappa shape index (κ3) is 4.87. The molecule has 0 aromatic heterocycles. The predicted molar refractivity (Wildman–Crippen MR) is 125 cm³/mol. The molecule has 27 heavy (non-hydrogen) atoms. The molecule has 2 radical (unpaired) electrons. The van der Waals surface area contributed by atoms with Gasteiger partial charge >= 0.3 is 176 Å². The van der Waals surface area contributed by atoms with Gasteiger partial charge in [-0.2, -0.15) is 0 Å². The average molecular weight is 447 g/mol. The van der Waals surface area contributed by atoms with Crippen LogP contribution in [0.25, 0.3) is 0 Å². The zero-order chi connectivity index (χ0) is 18.4. The van der Waals surface area contributed by atoms with Crippen LogP contribution in [0.4, 0.5) is 0 Å². The summed E-state index contributed by atoms with van der Waals surface area (Å²) in [5.41, 5.74) is 3.30. The second-order valence-corrected chi connectivity index (χ2v) is 16.3. The van der Waals surface area contributed by atoms with Crippen LogP contribution in [0.3, 0.4) is 0 Å². The van der Waals surface area contributed by atoms with Gasteiger partial charge in [0.25, 0.3) is 0 Å². The van der Waals surface area contributed by atoms with Crippen molar-refractivity contribution in [1.29, 1.82) is 0 Å². The van der Waals surface area contributed by atoms with Crippen molar-refractivity contribution in [1.82, 2.24) is 0 Å². The van der Waals surface area contributed by atoms with Gasteiger partial charge in [-0.25, -0.2) is 0 Å². The van der Waals surface area contributed by atoms with Gasteiger partial charge in [0.1, 0.15) is 0 Å². The summed E-state index contributed by atoms with van der Waals surface area (Å²) in [4.78, 5) is 0. The molecule has 3 fully saturated rings. The molecule has 3 heteroatoms. The molecule has 0 bridgehead atoms. The van der Waals surface area contributed by atoms with E-state index in [4.69, 9.17) is 0 Å². The molecule has 0 saturated heterocycles.